The molecule has 1 saturated carbocycles. The molecule has 19 heavy (non-hydrogen) atoms. The Labute approximate surface area is 117 Å². The van der Waals surface area contributed by atoms with Gasteiger partial charge < -0.3 is 5.73 Å². The van der Waals surface area contributed by atoms with Crippen molar-refractivity contribution in [3.8, 4) is 0 Å². The van der Waals surface area contributed by atoms with E-state index in [1.165, 1.54) is 12.8 Å². The molecule has 1 saturated heterocycles. The molecular weight excluding hydrogens is 262 g/mol. The van der Waals surface area contributed by atoms with Gasteiger partial charge in [-0.05, 0) is 37.5 Å². The average Bonchev–Trinajstić information content (AvgIpc) is 2.90. The van der Waals surface area contributed by atoms with Crippen molar-refractivity contribution in [1.29, 1.82) is 0 Å². The van der Waals surface area contributed by atoms with Crippen LogP contribution < -0.4 is 10.5 Å². The highest BCUT2D eigenvalue weighted by Gasteiger charge is 2.32. The molecule has 5 nitrogen and oxygen atoms in total. The van der Waals surface area contributed by atoms with Crippen LogP contribution >= 0.6 is 0 Å². The zero-order valence-corrected chi connectivity index (χ0v) is 12.7. The summed E-state index contributed by atoms with van der Waals surface area (Å²) in [4.78, 5) is 0. The van der Waals surface area contributed by atoms with Gasteiger partial charge in [-0.1, -0.05) is 19.8 Å². The molecule has 1 atom stereocenters. The minimum absolute atomic E-state index is 0.0909. The number of rotatable bonds is 5. The van der Waals surface area contributed by atoms with Gasteiger partial charge in [0.15, 0.2) is 0 Å². The third kappa shape index (κ3) is 3.90. The molecule has 0 aromatic heterocycles. The molecule has 0 bridgehead atoms. The third-order valence-corrected chi connectivity index (χ3v) is 6.25. The van der Waals surface area contributed by atoms with Crippen LogP contribution in [0.4, 0.5) is 0 Å². The van der Waals surface area contributed by atoms with E-state index in [0.717, 1.165) is 25.7 Å². The van der Waals surface area contributed by atoms with E-state index in [2.05, 4.69) is 11.6 Å². The van der Waals surface area contributed by atoms with Crippen LogP contribution in [0.3, 0.4) is 0 Å². The number of hydrogen-bond acceptors (Lipinski definition) is 3. The lowest BCUT2D eigenvalue weighted by atomic mass is 9.99. The van der Waals surface area contributed by atoms with Gasteiger partial charge in [-0.15, -0.1) is 0 Å². The molecule has 0 amide bonds. The average molecular weight is 289 g/mol. The van der Waals surface area contributed by atoms with E-state index in [0.29, 0.717) is 31.5 Å². The van der Waals surface area contributed by atoms with E-state index in [-0.39, 0.29) is 6.04 Å². The van der Waals surface area contributed by atoms with E-state index < -0.39 is 10.2 Å². The summed E-state index contributed by atoms with van der Waals surface area (Å²) in [5.41, 5.74) is 5.77. The zero-order valence-electron chi connectivity index (χ0n) is 11.8. The summed E-state index contributed by atoms with van der Waals surface area (Å²) in [5, 5.41) is 0. The van der Waals surface area contributed by atoms with Gasteiger partial charge in [0, 0.05) is 25.7 Å². The van der Waals surface area contributed by atoms with Gasteiger partial charge in [-0.3, -0.25) is 0 Å². The Hall–Kier alpha value is -0.170. The Morgan fingerprint density at radius 2 is 1.79 bits per heavy atom. The highest BCUT2D eigenvalue weighted by atomic mass is 32.2. The smallest absolute Gasteiger partial charge is 0.279 e. The molecule has 6 heteroatoms. The first-order valence-corrected chi connectivity index (χ1v) is 8.94. The molecule has 112 valence electrons. The van der Waals surface area contributed by atoms with E-state index in [1.54, 1.807) is 4.31 Å². The monoisotopic (exact) mass is 289 g/mol. The molecule has 1 heterocycles. The van der Waals surface area contributed by atoms with Crippen LogP contribution in [0.25, 0.3) is 0 Å². The number of nitrogens with one attached hydrogen (secondary N) is 1. The minimum Gasteiger partial charge on any atom is -0.329 e. The van der Waals surface area contributed by atoms with Gasteiger partial charge in [-0.25, -0.2) is 0 Å². The first-order chi connectivity index (χ1) is 9.03. The summed E-state index contributed by atoms with van der Waals surface area (Å²) >= 11 is 0. The second-order valence-corrected chi connectivity index (χ2v) is 7.79. The fourth-order valence-electron chi connectivity index (χ4n) is 3.19. The van der Waals surface area contributed by atoms with Gasteiger partial charge in [0.1, 0.15) is 0 Å². The Morgan fingerprint density at radius 3 is 2.32 bits per heavy atom. The molecular formula is C13H27N3O2S. The van der Waals surface area contributed by atoms with Gasteiger partial charge in [-0.2, -0.15) is 17.4 Å². The summed E-state index contributed by atoms with van der Waals surface area (Å²) in [6, 6.07) is -0.0909. The maximum atomic E-state index is 12.4. The molecule has 0 radical (unpaired) electrons. The molecule has 1 aliphatic heterocycles. The van der Waals surface area contributed by atoms with Gasteiger partial charge in [0.25, 0.3) is 10.2 Å². The molecule has 0 spiro atoms. The van der Waals surface area contributed by atoms with E-state index in [9.17, 15) is 8.42 Å². The zero-order chi connectivity index (χ0) is 13.9. The molecule has 0 aromatic rings. The predicted octanol–water partition coefficient (Wildman–Crippen LogP) is 1.07. The lowest BCUT2D eigenvalue weighted by Gasteiger charge is -2.32. The van der Waals surface area contributed by atoms with Crippen LogP contribution in [0.1, 0.15) is 45.4 Å². The first-order valence-electron chi connectivity index (χ1n) is 7.50. The van der Waals surface area contributed by atoms with Crippen LogP contribution in [0.5, 0.6) is 0 Å². The van der Waals surface area contributed by atoms with Crippen LogP contribution in [0, 0.1) is 11.8 Å². The van der Waals surface area contributed by atoms with Crippen molar-refractivity contribution in [3.63, 3.8) is 0 Å². The Morgan fingerprint density at radius 1 is 1.21 bits per heavy atom. The molecule has 2 aliphatic rings. The van der Waals surface area contributed by atoms with E-state index in [4.69, 9.17) is 5.73 Å². The number of piperidine rings is 1. The summed E-state index contributed by atoms with van der Waals surface area (Å²) in [7, 11) is -3.35. The number of nitrogens with zero attached hydrogens (tertiary/aromatic N) is 1. The highest BCUT2D eigenvalue weighted by Crippen LogP contribution is 2.28. The largest absolute Gasteiger partial charge is 0.329 e. The van der Waals surface area contributed by atoms with Crippen molar-refractivity contribution in [2.45, 2.75) is 51.5 Å². The van der Waals surface area contributed by atoms with Crippen LogP contribution in [-0.4, -0.2) is 38.4 Å². The number of hydrogen-bond donors (Lipinski definition) is 2. The van der Waals surface area contributed by atoms with Crippen LogP contribution in [-0.2, 0) is 10.2 Å². The van der Waals surface area contributed by atoms with Crippen molar-refractivity contribution in [2.24, 2.45) is 17.6 Å². The van der Waals surface area contributed by atoms with E-state index >= 15 is 0 Å². The Balaban J connectivity index is 1.95. The van der Waals surface area contributed by atoms with Crippen molar-refractivity contribution in [2.75, 3.05) is 19.6 Å². The quantitative estimate of drug-likeness (QED) is 0.795. The van der Waals surface area contributed by atoms with Gasteiger partial charge in [0.05, 0.1) is 0 Å². The molecule has 1 aliphatic carbocycles. The van der Waals surface area contributed by atoms with Crippen molar-refractivity contribution in [3.05, 3.63) is 0 Å². The normalized spacial score (nSPS) is 25.8. The van der Waals surface area contributed by atoms with Crippen LogP contribution in [0.2, 0.25) is 0 Å². The molecule has 2 rings (SSSR count). The summed E-state index contributed by atoms with van der Waals surface area (Å²) in [5.74, 6) is 1.05. The maximum absolute atomic E-state index is 12.4. The van der Waals surface area contributed by atoms with Gasteiger partial charge >= 0.3 is 0 Å². The molecule has 2 fully saturated rings. The van der Waals surface area contributed by atoms with Crippen LogP contribution in [0.15, 0.2) is 0 Å². The van der Waals surface area contributed by atoms with Gasteiger partial charge in [0.2, 0.25) is 0 Å². The maximum Gasteiger partial charge on any atom is 0.279 e. The number of nitrogens with two attached hydrogens (primary N) is 1. The lowest BCUT2D eigenvalue weighted by Crippen LogP contribution is -2.52. The highest BCUT2D eigenvalue weighted by molar-refractivity contribution is 7.87. The second-order valence-electron chi connectivity index (χ2n) is 6.09. The SMILES string of the molecule is CC1CCN(S(=O)(=O)NC(CN)C2CCCC2)CC1. The Bertz CT molecular complexity index is 371. The van der Waals surface area contributed by atoms with Crippen molar-refractivity contribution in [1.82, 2.24) is 9.03 Å². The van der Waals surface area contributed by atoms with Crippen molar-refractivity contribution >= 4 is 10.2 Å². The minimum atomic E-state index is -3.35. The lowest BCUT2D eigenvalue weighted by molar-refractivity contribution is 0.280. The topological polar surface area (TPSA) is 75.4 Å². The molecule has 1 unspecified atom stereocenters. The van der Waals surface area contributed by atoms with Crippen molar-refractivity contribution < 1.29 is 8.42 Å². The predicted molar refractivity (Wildman–Crippen MR) is 76.8 cm³/mol. The third-order valence-electron chi connectivity index (χ3n) is 4.61. The summed E-state index contributed by atoms with van der Waals surface area (Å²) in [6.07, 6.45) is 6.51. The summed E-state index contributed by atoms with van der Waals surface area (Å²) in [6.45, 7) is 3.85. The summed E-state index contributed by atoms with van der Waals surface area (Å²) < 4.78 is 29.2. The molecule has 3 N–H and O–H groups in total. The first kappa shape index (κ1) is 15.2. The second kappa shape index (κ2) is 6.52. The molecule has 0 aromatic carbocycles. The fourth-order valence-corrected chi connectivity index (χ4v) is 4.70. The Kier molecular flexibility index (Phi) is 5.22. The fraction of sp³-hybridized carbons (Fsp3) is 1.00. The standard InChI is InChI=1S/C13H27N3O2S/c1-11-6-8-16(9-7-11)19(17,18)15-13(10-14)12-4-2-3-5-12/h11-13,15H,2-10,14H2,1H3. The van der Waals surface area contributed by atoms with E-state index in [1.807, 2.05) is 0 Å².